The van der Waals surface area contributed by atoms with Crippen molar-refractivity contribution in [2.24, 2.45) is 11.8 Å². The second-order valence-corrected chi connectivity index (χ2v) is 6.39. The first-order valence-corrected chi connectivity index (χ1v) is 7.66. The Kier molecular flexibility index (Phi) is 4.42. The van der Waals surface area contributed by atoms with Crippen molar-refractivity contribution in [2.45, 2.75) is 52.9 Å². The average Bonchev–Trinajstić information content (AvgIpc) is 2.37. The highest BCUT2D eigenvalue weighted by Gasteiger charge is 2.31. The maximum absolute atomic E-state index is 10.4. The Bertz CT molecular complexity index is 491. The van der Waals surface area contributed by atoms with Crippen LogP contribution in [0.25, 0.3) is 0 Å². The molecule has 1 aliphatic rings. The molecule has 2 N–H and O–H groups in total. The minimum atomic E-state index is 0.120. The number of allylic oxidation sites excluding steroid dienone is 2. The van der Waals surface area contributed by atoms with Crippen LogP contribution in [0.2, 0.25) is 0 Å². The van der Waals surface area contributed by atoms with E-state index in [9.17, 15) is 10.2 Å². The molecular formula is C18H26O2. The van der Waals surface area contributed by atoms with Crippen molar-refractivity contribution in [3.05, 3.63) is 34.9 Å². The van der Waals surface area contributed by atoms with Crippen LogP contribution in [-0.2, 0) is 6.42 Å². The van der Waals surface area contributed by atoms with Crippen LogP contribution in [-0.4, -0.2) is 10.2 Å². The standard InChI is InChI=1S/C18H26O2/c1-5-13-9-16(19)18(17(20)10-13)15-8-12(4)6-7-14(15)11(2)3/h8-11,14-15,19-20H,5-7H2,1-4H3. The van der Waals surface area contributed by atoms with Crippen LogP contribution >= 0.6 is 0 Å². The lowest BCUT2D eigenvalue weighted by molar-refractivity contribution is 0.304. The summed E-state index contributed by atoms with van der Waals surface area (Å²) in [5.41, 5.74) is 3.03. The van der Waals surface area contributed by atoms with Gasteiger partial charge in [-0.2, -0.15) is 0 Å². The number of hydrogen-bond donors (Lipinski definition) is 2. The summed E-state index contributed by atoms with van der Waals surface area (Å²) in [6, 6.07) is 3.59. The lowest BCUT2D eigenvalue weighted by Crippen LogP contribution is -2.21. The van der Waals surface area contributed by atoms with E-state index in [0.717, 1.165) is 24.8 Å². The number of aryl methyl sites for hydroxylation is 1. The molecule has 2 heteroatoms. The fraction of sp³-hybridized carbons (Fsp3) is 0.556. The summed E-state index contributed by atoms with van der Waals surface area (Å²) in [6.45, 7) is 8.61. The largest absolute Gasteiger partial charge is 0.507 e. The number of hydrogen-bond acceptors (Lipinski definition) is 2. The minimum absolute atomic E-state index is 0.120. The van der Waals surface area contributed by atoms with Crippen LogP contribution in [0.15, 0.2) is 23.8 Å². The molecule has 2 atom stereocenters. The summed E-state index contributed by atoms with van der Waals surface area (Å²) >= 11 is 0. The zero-order valence-corrected chi connectivity index (χ0v) is 13.0. The van der Waals surface area contributed by atoms with Gasteiger partial charge in [-0.3, -0.25) is 0 Å². The first-order chi connectivity index (χ1) is 9.43. The van der Waals surface area contributed by atoms with E-state index in [0.29, 0.717) is 17.4 Å². The molecule has 0 fully saturated rings. The highest BCUT2D eigenvalue weighted by atomic mass is 16.3. The number of phenols is 2. The molecule has 2 rings (SSSR count). The molecular weight excluding hydrogens is 248 g/mol. The summed E-state index contributed by atoms with van der Waals surface area (Å²) in [6.07, 6.45) is 5.29. The van der Waals surface area contributed by atoms with Gasteiger partial charge in [0.25, 0.3) is 0 Å². The van der Waals surface area contributed by atoms with Gasteiger partial charge < -0.3 is 10.2 Å². The van der Waals surface area contributed by atoms with E-state index in [-0.39, 0.29) is 17.4 Å². The summed E-state index contributed by atoms with van der Waals surface area (Å²) in [4.78, 5) is 0. The minimum Gasteiger partial charge on any atom is -0.507 e. The highest BCUT2D eigenvalue weighted by Crippen LogP contribution is 2.46. The van der Waals surface area contributed by atoms with Gasteiger partial charge in [-0.1, -0.05) is 32.4 Å². The molecule has 0 aliphatic heterocycles. The topological polar surface area (TPSA) is 40.5 Å². The van der Waals surface area contributed by atoms with Gasteiger partial charge in [-0.15, -0.1) is 0 Å². The monoisotopic (exact) mass is 274 g/mol. The predicted octanol–water partition coefficient (Wildman–Crippen LogP) is 4.76. The average molecular weight is 274 g/mol. The van der Waals surface area contributed by atoms with E-state index < -0.39 is 0 Å². The van der Waals surface area contributed by atoms with Crippen LogP contribution in [0.4, 0.5) is 0 Å². The zero-order valence-electron chi connectivity index (χ0n) is 13.0. The number of rotatable bonds is 3. The van der Waals surface area contributed by atoms with Gasteiger partial charge in [0.15, 0.2) is 0 Å². The Labute approximate surface area is 122 Å². The second kappa shape index (κ2) is 5.90. The molecule has 1 aromatic rings. The maximum atomic E-state index is 10.4. The summed E-state index contributed by atoms with van der Waals surface area (Å²) in [5, 5.41) is 20.7. The molecule has 2 unspecified atom stereocenters. The van der Waals surface area contributed by atoms with Crippen LogP contribution < -0.4 is 0 Å². The van der Waals surface area contributed by atoms with Crippen molar-refractivity contribution in [1.82, 2.24) is 0 Å². The molecule has 0 saturated heterocycles. The quantitative estimate of drug-likeness (QED) is 0.780. The lowest BCUT2D eigenvalue weighted by Gasteiger charge is -2.33. The second-order valence-electron chi connectivity index (χ2n) is 6.39. The van der Waals surface area contributed by atoms with E-state index in [1.807, 2.05) is 6.92 Å². The van der Waals surface area contributed by atoms with E-state index in [1.54, 1.807) is 12.1 Å². The van der Waals surface area contributed by atoms with Gasteiger partial charge in [0.05, 0.1) is 0 Å². The van der Waals surface area contributed by atoms with Gasteiger partial charge in [0, 0.05) is 11.5 Å². The van der Waals surface area contributed by atoms with Crippen molar-refractivity contribution in [1.29, 1.82) is 0 Å². The molecule has 20 heavy (non-hydrogen) atoms. The fourth-order valence-electron chi connectivity index (χ4n) is 3.36. The molecule has 0 heterocycles. The van der Waals surface area contributed by atoms with Crippen molar-refractivity contribution >= 4 is 0 Å². The molecule has 0 aromatic heterocycles. The van der Waals surface area contributed by atoms with Crippen molar-refractivity contribution in [2.75, 3.05) is 0 Å². The molecule has 0 spiro atoms. The van der Waals surface area contributed by atoms with Gasteiger partial charge >= 0.3 is 0 Å². The van der Waals surface area contributed by atoms with E-state index >= 15 is 0 Å². The zero-order chi connectivity index (χ0) is 14.9. The van der Waals surface area contributed by atoms with Crippen LogP contribution in [0.5, 0.6) is 11.5 Å². The molecule has 0 saturated carbocycles. The first kappa shape index (κ1) is 15.0. The van der Waals surface area contributed by atoms with Crippen molar-refractivity contribution in [3.8, 4) is 11.5 Å². The predicted molar refractivity (Wildman–Crippen MR) is 83.2 cm³/mol. The van der Waals surface area contributed by atoms with Gasteiger partial charge in [0.2, 0.25) is 0 Å². The van der Waals surface area contributed by atoms with Crippen molar-refractivity contribution < 1.29 is 10.2 Å². The summed E-state index contributed by atoms with van der Waals surface area (Å²) in [7, 11) is 0. The maximum Gasteiger partial charge on any atom is 0.123 e. The van der Waals surface area contributed by atoms with Crippen LogP contribution in [0.1, 0.15) is 57.6 Å². The smallest absolute Gasteiger partial charge is 0.123 e. The molecule has 110 valence electrons. The number of aromatic hydroxyl groups is 2. The molecule has 1 aliphatic carbocycles. The first-order valence-electron chi connectivity index (χ1n) is 7.66. The highest BCUT2D eigenvalue weighted by molar-refractivity contribution is 5.51. The van der Waals surface area contributed by atoms with Gasteiger partial charge in [0.1, 0.15) is 11.5 Å². The number of phenolic OH excluding ortho intramolecular Hbond substituents is 2. The van der Waals surface area contributed by atoms with Crippen molar-refractivity contribution in [3.63, 3.8) is 0 Å². The Hall–Kier alpha value is -1.44. The Morgan fingerprint density at radius 1 is 1.20 bits per heavy atom. The molecule has 2 nitrogen and oxygen atoms in total. The Balaban J connectivity index is 2.49. The van der Waals surface area contributed by atoms with Gasteiger partial charge in [-0.25, -0.2) is 0 Å². The normalized spacial score (nSPS) is 22.9. The third-order valence-electron chi connectivity index (χ3n) is 4.59. The number of benzene rings is 1. The Morgan fingerprint density at radius 2 is 1.80 bits per heavy atom. The van der Waals surface area contributed by atoms with E-state index in [2.05, 4.69) is 26.8 Å². The van der Waals surface area contributed by atoms with E-state index in [1.165, 1.54) is 5.57 Å². The molecule has 0 amide bonds. The molecule has 1 aromatic carbocycles. The molecule has 0 bridgehead atoms. The third-order valence-corrected chi connectivity index (χ3v) is 4.59. The van der Waals surface area contributed by atoms with Crippen LogP contribution in [0.3, 0.4) is 0 Å². The van der Waals surface area contributed by atoms with Gasteiger partial charge in [-0.05, 0) is 55.7 Å². The van der Waals surface area contributed by atoms with E-state index in [4.69, 9.17) is 0 Å². The fourth-order valence-corrected chi connectivity index (χ4v) is 3.36. The lowest BCUT2D eigenvalue weighted by atomic mass is 9.71. The van der Waals surface area contributed by atoms with Crippen LogP contribution in [0, 0.1) is 11.8 Å². The Morgan fingerprint density at radius 3 is 2.30 bits per heavy atom. The molecule has 0 radical (unpaired) electrons. The SMILES string of the molecule is CCc1cc(O)c(C2C=C(C)CCC2C(C)C)c(O)c1. The summed E-state index contributed by atoms with van der Waals surface area (Å²) < 4.78 is 0. The third kappa shape index (κ3) is 2.84. The summed E-state index contributed by atoms with van der Waals surface area (Å²) in [5.74, 6) is 1.61.